The van der Waals surface area contributed by atoms with E-state index in [1.807, 2.05) is 6.07 Å². The lowest BCUT2D eigenvalue weighted by Gasteiger charge is -2.12. The summed E-state index contributed by atoms with van der Waals surface area (Å²) in [6.07, 6.45) is 0. The van der Waals surface area contributed by atoms with E-state index in [0.29, 0.717) is 11.1 Å². The molecule has 0 fully saturated rings. The van der Waals surface area contributed by atoms with Crippen molar-refractivity contribution in [3.63, 3.8) is 0 Å². The minimum absolute atomic E-state index is 0.0708. The van der Waals surface area contributed by atoms with Gasteiger partial charge in [0.1, 0.15) is 5.75 Å². The van der Waals surface area contributed by atoms with Crippen LogP contribution in [0.1, 0.15) is 16.7 Å². The second-order valence-corrected chi connectivity index (χ2v) is 6.37. The van der Waals surface area contributed by atoms with E-state index in [2.05, 4.69) is 4.72 Å². The highest BCUT2D eigenvalue weighted by Crippen LogP contribution is 2.27. The standard InChI is InChI=1S/C15H14N2O3S/c1-10-3-5-13(14(18)7-10)17-21(19,20)15-6-4-12(9-16)8-11(15)2/h3-8,17-18H,1-2H3. The van der Waals surface area contributed by atoms with Crippen LogP contribution in [-0.4, -0.2) is 13.5 Å². The van der Waals surface area contributed by atoms with Crippen LogP contribution in [0.5, 0.6) is 5.75 Å². The lowest BCUT2D eigenvalue weighted by Crippen LogP contribution is -2.14. The fourth-order valence-electron chi connectivity index (χ4n) is 1.95. The van der Waals surface area contributed by atoms with Crippen LogP contribution in [-0.2, 0) is 10.0 Å². The van der Waals surface area contributed by atoms with Crippen molar-refractivity contribution >= 4 is 15.7 Å². The second kappa shape index (κ2) is 5.46. The molecule has 0 amide bonds. The third-order valence-corrected chi connectivity index (χ3v) is 4.52. The van der Waals surface area contributed by atoms with Gasteiger partial charge in [-0.05, 0) is 55.3 Å². The SMILES string of the molecule is Cc1ccc(NS(=O)(=O)c2ccc(C#N)cc2C)c(O)c1. The number of nitrogens with one attached hydrogen (secondary N) is 1. The molecule has 0 saturated carbocycles. The number of sulfonamides is 1. The second-order valence-electron chi connectivity index (χ2n) is 4.72. The molecule has 0 aliphatic carbocycles. The molecule has 0 bridgehead atoms. The molecule has 0 radical (unpaired) electrons. The van der Waals surface area contributed by atoms with Gasteiger partial charge in [0.05, 0.1) is 22.2 Å². The van der Waals surface area contributed by atoms with E-state index in [-0.39, 0.29) is 16.3 Å². The Bertz CT molecular complexity index is 836. The fourth-order valence-corrected chi connectivity index (χ4v) is 3.25. The number of phenols is 1. The highest BCUT2D eigenvalue weighted by Gasteiger charge is 2.18. The van der Waals surface area contributed by atoms with Gasteiger partial charge < -0.3 is 5.11 Å². The number of rotatable bonds is 3. The third kappa shape index (κ3) is 3.15. The minimum Gasteiger partial charge on any atom is -0.506 e. The first-order chi connectivity index (χ1) is 9.83. The van der Waals surface area contributed by atoms with Crippen molar-refractivity contribution in [3.05, 3.63) is 53.1 Å². The molecule has 2 aromatic carbocycles. The quantitative estimate of drug-likeness (QED) is 0.853. The number of hydrogen-bond donors (Lipinski definition) is 2. The van der Waals surface area contributed by atoms with E-state index in [9.17, 15) is 13.5 Å². The summed E-state index contributed by atoms with van der Waals surface area (Å²) in [5, 5.41) is 18.6. The minimum atomic E-state index is -3.82. The zero-order valence-corrected chi connectivity index (χ0v) is 12.4. The van der Waals surface area contributed by atoms with E-state index in [4.69, 9.17) is 5.26 Å². The molecular formula is C15H14N2O3S. The normalized spacial score (nSPS) is 10.9. The summed E-state index contributed by atoms with van der Waals surface area (Å²) in [6.45, 7) is 3.41. The Morgan fingerprint density at radius 1 is 1.14 bits per heavy atom. The molecule has 0 saturated heterocycles. The highest BCUT2D eigenvalue weighted by atomic mass is 32.2. The summed E-state index contributed by atoms with van der Waals surface area (Å²) in [6, 6.07) is 11.0. The van der Waals surface area contributed by atoms with Crippen LogP contribution < -0.4 is 4.72 Å². The predicted molar refractivity (Wildman–Crippen MR) is 79.5 cm³/mol. The number of hydrogen-bond acceptors (Lipinski definition) is 4. The van der Waals surface area contributed by atoms with Crippen LogP contribution in [0.4, 0.5) is 5.69 Å². The number of aryl methyl sites for hydroxylation is 2. The third-order valence-electron chi connectivity index (χ3n) is 2.99. The highest BCUT2D eigenvalue weighted by molar-refractivity contribution is 7.92. The molecule has 0 heterocycles. The van der Waals surface area contributed by atoms with Gasteiger partial charge in [0.15, 0.2) is 0 Å². The van der Waals surface area contributed by atoms with Gasteiger partial charge in [-0.25, -0.2) is 8.42 Å². The summed E-state index contributed by atoms with van der Waals surface area (Å²) in [7, 11) is -3.82. The molecule has 2 N–H and O–H groups in total. The summed E-state index contributed by atoms with van der Waals surface area (Å²) in [5.41, 5.74) is 1.80. The predicted octanol–water partition coefficient (Wildman–Crippen LogP) is 2.68. The van der Waals surface area contributed by atoms with Crippen molar-refractivity contribution in [3.8, 4) is 11.8 Å². The Hall–Kier alpha value is -2.52. The molecule has 0 aliphatic rings. The summed E-state index contributed by atoms with van der Waals surface area (Å²) < 4.78 is 27.1. The van der Waals surface area contributed by atoms with Crippen LogP contribution in [0.2, 0.25) is 0 Å². The van der Waals surface area contributed by atoms with Crippen LogP contribution in [0, 0.1) is 25.2 Å². The molecule has 0 spiro atoms. The smallest absolute Gasteiger partial charge is 0.262 e. The van der Waals surface area contributed by atoms with E-state index < -0.39 is 10.0 Å². The van der Waals surface area contributed by atoms with Crippen molar-refractivity contribution in [2.75, 3.05) is 4.72 Å². The Morgan fingerprint density at radius 2 is 1.86 bits per heavy atom. The summed E-state index contributed by atoms with van der Waals surface area (Å²) >= 11 is 0. The number of anilines is 1. The monoisotopic (exact) mass is 302 g/mol. The lowest BCUT2D eigenvalue weighted by molar-refractivity contribution is 0.477. The summed E-state index contributed by atoms with van der Waals surface area (Å²) in [4.78, 5) is 0.0708. The average molecular weight is 302 g/mol. The molecule has 5 nitrogen and oxygen atoms in total. The Labute approximate surface area is 123 Å². The van der Waals surface area contributed by atoms with Crippen molar-refractivity contribution < 1.29 is 13.5 Å². The molecule has 2 rings (SSSR count). The van der Waals surface area contributed by atoms with Crippen molar-refractivity contribution in [1.82, 2.24) is 0 Å². The van der Waals surface area contributed by atoms with Gasteiger partial charge in [-0.2, -0.15) is 5.26 Å². The molecule has 2 aromatic rings. The molecule has 0 atom stereocenters. The first-order valence-corrected chi connectivity index (χ1v) is 7.65. The summed E-state index contributed by atoms with van der Waals surface area (Å²) in [5.74, 6) is -0.134. The number of nitriles is 1. The molecule has 108 valence electrons. The van der Waals surface area contributed by atoms with Gasteiger partial charge in [-0.1, -0.05) is 6.07 Å². The zero-order valence-electron chi connectivity index (χ0n) is 11.6. The molecular weight excluding hydrogens is 288 g/mol. The maximum atomic E-state index is 12.4. The number of aromatic hydroxyl groups is 1. The van der Waals surface area contributed by atoms with Crippen molar-refractivity contribution in [2.45, 2.75) is 18.7 Å². The van der Waals surface area contributed by atoms with E-state index >= 15 is 0 Å². The Kier molecular flexibility index (Phi) is 3.87. The topological polar surface area (TPSA) is 90.2 Å². The fraction of sp³-hybridized carbons (Fsp3) is 0.133. The van der Waals surface area contributed by atoms with Crippen LogP contribution in [0.3, 0.4) is 0 Å². The first-order valence-electron chi connectivity index (χ1n) is 6.16. The van der Waals surface area contributed by atoms with Gasteiger partial charge in [-0.15, -0.1) is 0 Å². The Morgan fingerprint density at radius 3 is 2.43 bits per heavy atom. The van der Waals surface area contributed by atoms with Gasteiger partial charge in [0.25, 0.3) is 10.0 Å². The van der Waals surface area contributed by atoms with Gasteiger partial charge in [0.2, 0.25) is 0 Å². The number of phenolic OH excluding ortho intramolecular Hbond substituents is 1. The van der Waals surface area contributed by atoms with Crippen LogP contribution >= 0.6 is 0 Å². The molecule has 0 aliphatic heterocycles. The maximum absolute atomic E-state index is 12.4. The molecule has 0 unspecified atom stereocenters. The largest absolute Gasteiger partial charge is 0.506 e. The van der Waals surface area contributed by atoms with Gasteiger partial charge in [-0.3, -0.25) is 4.72 Å². The number of benzene rings is 2. The van der Waals surface area contributed by atoms with E-state index in [0.717, 1.165) is 5.56 Å². The molecule has 0 aromatic heterocycles. The lowest BCUT2D eigenvalue weighted by atomic mass is 10.2. The zero-order chi connectivity index (χ0) is 15.6. The first kappa shape index (κ1) is 14.9. The van der Waals surface area contributed by atoms with Gasteiger partial charge >= 0.3 is 0 Å². The Balaban J connectivity index is 2.41. The van der Waals surface area contributed by atoms with E-state index in [1.165, 1.54) is 30.3 Å². The molecule has 21 heavy (non-hydrogen) atoms. The van der Waals surface area contributed by atoms with Crippen LogP contribution in [0.25, 0.3) is 0 Å². The average Bonchev–Trinajstić information content (AvgIpc) is 2.41. The molecule has 6 heteroatoms. The van der Waals surface area contributed by atoms with Gasteiger partial charge in [0, 0.05) is 0 Å². The number of nitrogens with zero attached hydrogens (tertiary/aromatic N) is 1. The maximum Gasteiger partial charge on any atom is 0.262 e. The van der Waals surface area contributed by atoms with E-state index in [1.54, 1.807) is 19.9 Å². The van der Waals surface area contributed by atoms with Crippen molar-refractivity contribution in [1.29, 1.82) is 5.26 Å². The van der Waals surface area contributed by atoms with Crippen LogP contribution in [0.15, 0.2) is 41.3 Å². The van der Waals surface area contributed by atoms with Crippen molar-refractivity contribution in [2.24, 2.45) is 0 Å².